The second kappa shape index (κ2) is 7.35. The van der Waals surface area contributed by atoms with E-state index in [0.29, 0.717) is 11.9 Å². The van der Waals surface area contributed by atoms with Gasteiger partial charge in [-0.05, 0) is 32.1 Å². The number of rotatable bonds is 4. The van der Waals surface area contributed by atoms with Crippen LogP contribution in [0, 0.1) is 0 Å². The van der Waals surface area contributed by atoms with E-state index in [1.807, 2.05) is 0 Å². The molecule has 1 aliphatic heterocycles. The van der Waals surface area contributed by atoms with Crippen molar-refractivity contribution in [3.05, 3.63) is 58.9 Å². The molecule has 2 aromatic rings. The van der Waals surface area contributed by atoms with Gasteiger partial charge in [0, 0.05) is 23.5 Å². The smallest absolute Gasteiger partial charge is 0.280 e. The van der Waals surface area contributed by atoms with Crippen molar-refractivity contribution >= 4 is 39.1 Å². The second-order valence-electron chi connectivity index (χ2n) is 6.34. The number of sulfonamides is 1. The molecule has 1 aromatic carbocycles. The van der Waals surface area contributed by atoms with Crippen LogP contribution in [0.3, 0.4) is 0 Å². The number of hydroxylamine groups is 1. The third-order valence-corrected chi connectivity index (χ3v) is 6.51. The van der Waals surface area contributed by atoms with Crippen LogP contribution in [-0.4, -0.2) is 22.9 Å². The first-order valence-corrected chi connectivity index (χ1v) is 10.2. The maximum atomic E-state index is 12.9. The van der Waals surface area contributed by atoms with Crippen molar-refractivity contribution in [1.82, 2.24) is 9.57 Å². The lowest BCUT2D eigenvalue weighted by molar-refractivity contribution is -0.137. The number of hydrogen-bond donors (Lipinski definition) is 1. The maximum Gasteiger partial charge on any atom is 0.417 e. The lowest BCUT2D eigenvalue weighted by Crippen LogP contribution is -2.39. The van der Waals surface area contributed by atoms with E-state index in [1.54, 1.807) is 19.1 Å². The van der Waals surface area contributed by atoms with E-state index in [4.69, 9.17) is 28.2 Å². The molecule has 156 valence electrons. The van der Waals surface area contributed by atoms with Gasteiger partial charge in [-0.2, -0.15) is 17.8 Å². The highest BCUT2D eigenvalue weighted by molar-refractivity contribution is 7.94. The summed E-state index contributed by atoms with van der Waals surface area (Å²) in [5.41, 5.74) is -0.397. The summed E-state index contributed by atoms with van der Waals surface area (Å²) < 4.78 is 67.6. The van der Waals surface area contributed by atoms with Gasteiger partial charge in [0.05, 0.1) is 27.7 Å². The number of benzene rings is 1. The van der Waals surface area contributed by atoms with Crippen molar-refractivity contribution in [2.24, 2.45) is 0 Å². The van der Waals surface area contributed by atoms with Crippen molar-refractivity contribution in [2.45, 2.75) is 25.0 Å². The quantitative estimate of drug-likeness (QED) is 0.626. The number of nitrogens with zero attached hydrogens (tertiary/aromatic N) is 2. The molecule has 0 bridgehead atoms. The molecule has 1 aromatic heterocycles. The van der Waals surface area contributed by atoms with E-state index in [-0.39, 0.29) is 22.0 Å². The normalized spacial score (nSPS) is 20.0. The Hall–Kier alpha value is -2.01. The molecule has 0 saturated heterocycles. The lowest BCUT2D eigenvalue weighted by atomic mass is 10.1. The van der Waals surface area contributed by atoms with E-state index in [1.165, 1.54) is 25.1 Å². The zero-order chi connectivity index (χ0) is 21.6. The molecule has 1 unspecified atom stereocenters. The van der Waals surface area contributed by atoms with Gasteiger partial charge in [-0.1, -0.05) is 29.8 Å². The molecule has 0 saturated carbocycles. The van der Waals surface area contributed by atoms with Gasteiger partial charge in [-0.25, -0.2) is 13.3 Å². The molecule has 2 heterocycles. The van der Waals surface area contributed by atoms with Gasteiger partial charge in [0.2, 0.25) is 4.93 Å². The fourth-order valence-electron chi connectivity index (χ4n) is 2.63. The summed E-state index contributed by atoms with van der Waals surface area (Å²) in [6, 6.07) is 6.75. The van der Waals surface area contributed by atoms with E-state index in [2.05, 4.69) is 9.71 Å². The minimum Gasteiger partial charge on any atom is -0.280 e. The predicted molar refractivity (Wildman–Crippen MR) is 103 cm³/mol. The minimum atomic E-state index is -4.61. The van der Waals surface area contributed by atoms with Crippen LogP contribution >= 0.6 is 23.4 Å². The zero-order valence-corrected chi connectivity index (χ0v) is 17.3. The molecule has 12 heteroatoms. The average molecular weight is 468 g/mol. The Balaban J connectivity index is 2.01. The molecule has 6 nitrogen and oxygen atoms in total. The third kappa shape index (κ3) is 4.16. The van der Waals surface area contributed by atoms with Crippen LogP contribution in [0.2, 0.25) is 5.02 Å². The van der Waals surface area contributed by atoms with E-state index >= 15 is 0 Å². The molecule has 0 fully saturated rings. The summed E-state index contributed by atoms with van der Waals surface area (Å²) in [5, 5.41) is -0.280. The van der Waals surface area contributed by atoms with Gasteiger partial charge >= 0.3 is 6.18 Å². The first kappa shape index (κ1) is 21.7. The SMILES string of the molecule is CC1=CC(C)(S(=O)(=O)Nc2ccccc2-c2ncc(C(F)(F)F)cc2Cl)ON1Cl. The number of halogens is 5. The average Bonchev–Trinajstić information content (AvgIpc) is 2.88. The minimum absolute atomic E-state index is 0.0128. The number of hydrogen-bond acceptors (Lipinski definition) is 5. The predicted octanol–water partition coefficient (Wildman–Crippen LogP) is 5.18. The first-order chi connectivity index (χ1) is 13.3. The standard InChI is InChI=1S/C17H14Cl2F3N3O3S/c1-10-8-16(2,28-25(10)19)29(26,27)24-14-6-4-3-5-12(14)15-13(18)7-11(9-23-15)17(20,21)22/h3-9,24H,1-2H3. The molecular weight excluding hydrogens is 454 g/mol. The van der Waals surface area contributed by atoms with Gasteiger partial charge in [-0.3, -0.25) is 9.71 Å². The van der Waals surface area contributed by atoms with E-state index < -0.39 is 26.7 Å². The number of alkyl halides is 3. The molecule has 0 spiro atoms. The summed E-state index contributed by atoms with van der Waals surface area (Å²) >= 11 is 11.8. The Bertz CT molecular complexity index is 1090. The number of aromatic nitrogens is 1. The van der Waals surface area contributed by atoms with Crippen molar-refractivity contribution in [1.29, 1.82) is 0 Å². The lowest BCUT2D eigenvalue weighted by Gasteiger charge is -2.24. The molecule has 1 aliphatic rings. The molecule has 0 aliphatic carbocycles. The van der Waals surface area contributed by atoms with Crippen LogP contribution in [0.1, 0.15) is 19.4 Å². The molecule has 3 rings (SSSR count). The number of anilines is 1. The van der Waals surface area contributed by atoms with Crippen LogP contribution in [0.15, 0.2) is 48.3 Å². The van der Waals surface area contributed by atoms with Crippen LogP contribution < -0.4 is 4.72 Å². The van der Waals surface area contributed by atoms with Gasteiger partial charge in [0.25, 0.3) is 10.0 Å². The maximum absolute atomic E-state index is 12.9. The number of allylic oxidation sites excluding steroid dienone is 1. The van der Waals surface area contributed by atoms with Crippen molar-refractivity contribution < 1.29 is 26.4 Å². The highest BCUT2D eigenvalue weighted by atomic mass is 35.5. The van der Waals surface area contributed by atoms with Gasteiger partial charge in [0.15, 0.2) is 0 Å². The Morgan fingerprint density at radius 3 is 2.48 bits per heavy atom. The largest absolute Gasteiger partial charge is 0.417 e. The number of nitrogens with one attached hydrogen (secondary N) is 1. The van der Waals surface area contributed by atoms with Crippen molar-refractivity contribution in [2.75, 3.05) is 4.72 Å². The summed E-state index contributed by atoms with van der Waals surface area (Å²) in [7, 11) is -4.18. The second-order valence-corrected chi connectivity index (χ2v) is 9.08. The van der Waals surface area contributed by atoms with Crippen molar-refractivity contribution in [3.8, 4) is 11.3 Å². The van der Waals surface area contributed by atoms with Crippen LogP contribution in [-0.2, 0) is 21.0 Å². The highest BCUT2D eigenvalue weighted by Gasteiger charge is 2.46. The fraction of sp³-hybridized carbons (Fsp3) is 0.235. The van der Waals surface area contributed by atoms with E-state index in [9.17, 15) is 21.6 Å². The Kier molecular flexibility index (Phi) is 5.50. The molecular formula is C17H14Cl2F3N3O3S. The topological polar surface area (TPSA) is 71.5 Å². The van der Waals surface area contributed by atoms with Gasteiger partial charge in [0.1, 0.15) is 0 Å². The Morgan fingerprint density at radius 1 is 1.28 bits per heavy atom. The summed E-state index contributed by atoms with van der Waals surface area (Å²) in [6.45, 7) is 2.86. The summed E-state index contributed by atoms with van der Waals surface area (Å²) in [5.74, 6) is 0. The van der Waals surface area contributed by atoms with Crippen LogP contribution in [0.25, 0.3) is 11.3 Å². The van der Waals surface area contributed by atoms with E-state index in [0.717, 1.165) is 10.6 Å². The Morgan fingerprint density at radius 2 is 1.93 bits per heavy atom. The fourth-order valence-corrected chi connectivity index (χ4v) is 4.30. The summed E-state index contributed by atoms with van der Waals surface area (Å²) in [6.07, 6.45) is -2.66. The van der Waals surface area contributed by atoms with Crippen molar-refractivity contribution in [3.63, 3.8) is 0 Å². The zero-order valence-electron chi connectivity index (χ0n) is 15.0. The first-order valence-electron chi connectivity index (χ1n) is 8.03. The van der Waals surface area contributed by atoms with Crippen LogP contribution in [0.4, 0.5) is 18.9 Å². The third-order valence-electron chi connectivity index (χ3n) is 4.14. The molecule has 1 N–H and O–H groups in total. The summed E-state index contributed by atoms with van der Waals surface area (Å²) in [4.78, 5) is 7.19. The number of pyridine rings is 1. The van der Waals surface area contributed by atoms with Gasteiger partial charge < -0.3 is 0 Å². The Labute approximate surface area is 175 Å². The van der Waals surface area contributed by atoms with Gasteiger partial charge in [-0.15, -0.1) is 0 Å². The molecule has 29 heavy (non-hydrogen) atoms. The molecule has 0 radical (unpaired) electrons. The monoisotopic (exact) mass is 467 g/mol. The van der Waals surface area contributed by atoms with Crippen LogP contribution in [0.5, 0.6) is 0 Å². The molecule has 0 amide bonds. The highest BCUT2D eigenvalue weighted by Crippen LogP contribution is 2.39. The number of para-hydroxylation sites is 1. The molecule has 1 atom stereocenters.